The van der Waals surface area contributed by atoms with Crippen molar-refractivity contribution in [2.24, 2.45) is 11.0 Å². The van der Waals surface area contributed by atoms with Crippen molar-refractivity contribution >= 4 is 5.91 Å². The molecule has 0 aromatic heterocycles. The first-order valence-electron chi connectivity index (χ1n) is 3.15. The number of carbonyl (C=O) groups excluding carboxylic acids is 1. The fraction of sp³-hybridized carbons (Fsp3) is 0.800. The van der Waals surface area contributed by atoms with Gasteiger partial charge in [-0.2, -0.15) is 0 Å². The first kappa shape index (κ1) is 6.98. The minimum Gasteiger partial charge on any atom is -0.368 e. The highest BCUT2D eigenvalue weighted by atomic mass is 16.3. The molecule has 10 heavy (non-hydrogen) atoms. The lowest BCUT2D eigenvalue weighted by Gasteiger charge is -2.12. The lowest BCUT2D eigenvalue weighted by Crippen LogP contribution is -2.36. The van der Waals surface area contributed by atoms with Gasteiger partial charge >= 0.3 is 0 Å². The number of hydrogen-bond acceptors (Lipinski definition) is 3. The van der Waals surface area contributed by atoms with Crippen LogP contribution in [0.2, 0.25) is 0 Å². The van der Waals surface area contributed by atoms with E-state index in [0.717, 1.165) is 6.42 Å². The molecule has 0 spiro atoms. The quantitative estimate of drug-likeness (QED) is 0.535. The monoisotopic (exact) mass is 143 g/mol. The second-order valence-electron chi connectivity index (χ2n) is 2.31. The molecule has 5 nitrogen and oxygen atoms in total. The molecule has 1 aliphatic rings. The van der Waals surface area contributed by atoms with Crippen LogP contribution in [0.25, 0.3) is 0 Å². The van der Waals surface area contributed by atoms with Crippen LogP contribution in [0, 0.1) is 4.91 Å². The molecule has 2 N–H and O–H groups in total. The Morgan fingerprint density at radius 3 is 2.80 bits per heavy atom. The molecular weight excluding hydrogens is 134 g/mol. The molecule has 1 unspecified atom stereocenters. The van der Waals surface area contributed by atoms with Crippen molar-refractivity contribution in [3.05, 3.63) is 4.91 Å². The summed E-state index contributed by atoms with van der Waals surface area (Å²) in [7, 11) is 0. The Hall–Kier alpha value is -1.13. The SMILES string of the molecule is NC(=O)C1CCCN1N=O. The Kier molecular flexibility index (Phi) is 1.84. The summed E-state index contributed by atoms with van der Waals surface area (Å²) >= 11 is 0. The summed E-state index contributed by atoms with van der Waals surface area (Å²) in [4.78, 5) is 20.5. The Labute approximate surface area is 58.1 Å². The maximum Gasteiger partial charge on any atom is 0.241 e. The molecule has 0 radical (unpaired) electrons. The molecule has 0 aromatic rings. The second-order valence-corrected chi connectivity index (χ2v) is 2.31. The van der Waals surface area contributed by atoms with Crippen LogP contribution in [0.1, 0.15) is 12.8 Å². The highest BCUT2D eigenvalue weighted by Gasteiger charge is 2.28. The zero-order valence-corrected chi connectivity index (χ0v) is 5.49. The molecule has 1 heterocycles. The molecule has 1 amide bonds. The van der Waals surface area contributed by atoms with Crippen molar-refractivity contribution in [2.45, 2.75) is 18.9 Å². The van der Waals surface area contributed by atoms with Gasteiger partial charge in [-0.05, 0) is 12.8 Å². The molecule has 0 bridgehead atoms. The molecule has 1 fully saturated rings. The van der Waals surface area contributed by atoms with Gasteiger partial charge in [0, 0.05) is 6.54 Å². The van der Waals surface area contributed by atoms with Crippen molar-refractivity contribution in [3.63, 3.8) is 0 Å². The van der Waals surface area contributed by atoms with E-state index in [1.165, 1.54) is 5.01 Å². The third-order valence-electron chi connectivity index (χ3n) is 1.66. The predicted octanol–water partition coefficient (Wildman–Crippen LogP) is -0.383. The first-order chi connectivity index (χ1) is 4.75. The van der Waals surface area contributed by atoms with Gasteiger partial charge in [-0.25, -0.2) is 5.01 Å². The zero-order chi connectivity index (χ0) is 7.56. The van der Waals surface area contributed by atoms with E-state index in [2.05, 4.69) is 5.29 Å². The smallest absolute Gasteiger partial charge is 0.241 e. The lowest BCUT2D eigenvalue weighted by molar-refractivity contribution is -0.122. The first-order valence-corrected chi connectivity index (χ1v) is 3.15. The molecule has 0 aromatic carbocycles. The normalized spacial score (nSPS) is 24.8. The van der Waals surface area contributed by atoms with E-state index < -0.39 is 11.9 Å². The Morgan fingerprint density at radius 1 is 1.70 bits per heavy atom. The van der Waals surface area contributed by atoms with Crippen LogP contribution in [-0.4, -0.2) is 23.5 Å². The largest absolute Gasteiger partial charge is 0.368 e. The van der Waals surface area contributed by atoms with E-state index in [9.17, 15) is 9.70 Å². The highest BCUT2D eigenvalue weighted by molar-refractivity contribution is 5.80. The van der Waals surface area contributed by atoms with E-state index in [0.29, 0.717) is 13.0 Å². The standard InChI is InChI=1S/C5H9N3O2/c6-5(9)4-2-1-3-8(4)7-10/h4H,1-3H2,(H2,6,9). The van der Waals surface area contributed by atoms with E-state index in [4.69, 9.17) is 5.73 Å². The summed E-state index contributed by atoms with van der Waals surface area (Å²) in [5.74, 6) is -0.461. The molecule has 56 valence electrons. The van der Waals surface area contributed by atoms with E-state index >= 15 is 0 Å². The average Bonchev–Trinajstić information content (AvgIpc) is 2.33. The van der Waals surface area contributed by atoms with E-state index in [1.807, 2.05) is 0 Å². The Bertz CT molecular complexity index is 159. The van der Waals surface area contributed by atoms with Gasteiger partial charge in [0.05, 0.1) is 5.29 Å². The third-order valence-corrected chi connectivity index (χ3v) is 1.66. The van der Waals surface area contributed by atoms with Gasteiger partial charge in [0.25, 0.3) is 0 Å². The molecule has 1 rings (SSSR count). The highest BCUT2D eigenvalue weighted by Crippen LogP contribution is 2.15. The number of carbonyl (C=O) groups is 1. The van der Waals surface area contributed by atoms with Crippen molar-refractivity contribution in [3.8, 4) is 0 Å². The maximum absolute atomic E-state index is 10.6. The summed E-state index contributed by atoms with van der Waals surface area (Å²) in [5, 5.41) is 3.87. The third kappa shape index (κ3) is 1.07. The number of amides is 1. The van der Waals surface area contributed by atoms with Crippen molar-refractivity contribution in [1.82, 2.24) is 5.01 Å². The summed E-state index contributed by atoms with van der Waals surface area (Å²) in [6, 6.07) is -0.461. The minimum absolute atomic E-state index is 0.461. The van der Waals surface area contributed by atoms with Crippen molar-refractivity contribution in [2.75, 3.05) is 6.54 Å². The number of nitrogens with two attached hydrogens (primary N) is 1. The fourth-order valence-electron chi connectivity index (χ4n) is 1.14. The molecule has 0 saturated carbocycles. The van der Waals surface area contributed by atoms with Crippen LogP contribution < -0.4 is 5.73 Å². The maximum atomic E-state index is 10.6. The van der Waals surface area contributed by atoms with Gasteiger partial charge in [-0.1, -0.05) is 0 Å². The van der Waals surface area contributed by atoms with E-state index in [-0.39, 0.29) is 0 Å². The molecule has 1 atom stereocenters. The van der Waals surface area contributed by atoms with Gasteiger partial charge < -0.3 is 5.73 Å². The number of primary amides is 1. The van der Waals surface area contributed by atoms with Gasteiger partial charge in [-0.15, -0.1) is 4.91 Å². The molecule has 1 aliphatic heterocycles. The van der Waals surface area contributed by atoms with Gasteiger partial charge in [0.15, 0.2) is 0 Å². The summed E-state index contributed by atoms with van der Waals surface area (Å²) in [5.41, 5.74) is 4.98. The van der Waals surface area contributed by atoms with Crippen molar-refractivity contribution in [1.29, 1.82) is 0 Å². The zero-order valence-electron chi connectivity index (χ0n) is 5.49. The summed E-state index contributed by atoms with van der Waals surface area (Å²) in [6.45, 7) is 0.553. The fourth-order valence-corrected chi connectivity index (χ4v) is 1.14. The minimum atomic E-state index is -0.461. The van der Waals surface area contributed by atoms with Crippen LogP contribution in [0.3, 0.4) is 0 Å². The number of nitroso groups, excluding NO2 is 1. The Morgan fingerprint density at radius 2 is 2.40 bits per heavy atom. The second kappa shape index (κ2) is 2.64. The molecule has 1 saturated heterocycles. The van der Waals surface area contributed by atoms with Crippen LogP contribution in [-0.2, 0) is 4.79 Å². The number of hydrogen-bond donors (Lipinski definition) is 1. The van der Waals surface area contributed by atoms with Crippen LogP contribution in [0.5, 0.6) is 0 Å². The van der Waals surface area contributed by atoms with Crippen LogP contribution in [0.4, 0.5) is 0 Å². The summed E-state index contributed by atoms with van der Waals surface area (Å²) in [6.07, 6.45) is 1.47. The van der Waals surface area contributed by atoms with Crippen molar-refractivity contribution < 1.29 is 4.79 Å². The Balaban J connectivity index is 2.58. The number of nitrogens with zero attached hydrogens (tertiary/aromatic N) is 2. The topological polar surface area (TPSA) is 75.8 Å². The summed E-state index contributed by atoms with van der Waals surface area (Å²) < 4.78 is 0. The van der Waals surface area contributed by atoms with Crippen LogP contribution in [0.15, 0.2) is 5.29 Å². The number of rotatable bonds is 2. The van der Waals surface area contributed by atoms with Crippen LogP contribution >= 0.6 is 0 Å². The molecular formula is C5H9N3O2. The van der Waals surface area contributed by atoms with Gasteiger partial charge in [0.1, 0.15) is 6.04 Å². The average molecular weight is 143 g/mol. The lowest BCUT2D eigenvalue weighted by atomic mass is 10.2. The van der Waals surface area contributed by atoms with Gasteiger partial charge in [-0.3, -0.25) is 4.79 Å². The molecule has 0 aliphatic carbocycles. The van der Waals surface area contributed by atoms with Gasteiger partial charge in [0.2, 0.25) is 5.91 Å². The predicted molar refractivity (Wildman–Crippen MR) is 34.7 cm³/mol. The molecule has 5 heteroatoms. The van der Waals surface area contributed by atoms with E-state index in [1.54, 1.807) is 0 Å².